The molecular weight excluding hydrogens is 665 g/mol. The predicted molar refractivity (Wildman–Crippen MR) is 156 cm³/mol. The molecule has 0 bridgehead atoms. The Kier molecular flexibility index (Phi) is 10.3. The third-order valence-electron chi connectivity index (χ3n) is 6.14. The van der Waals surface area contributed by atoms with Gasteiger partial charge < -0.3 is 10.1 Å². The number of sulfonamides is 2. The zero-order valence-electron chi connectivity index (χ0n) is 21.1. The number of hydrogen-bond acceptors (Lipinski definition) is 6. The second-order valence-electron chi connectivity index (χ2n) is 8.91. The molecule has 9 nitrogen and oxygen atoms in total. The Labute approximate surface area is 252 Å². The SMILES string of the molecule is O=C(CN(Cc1ccc(Cl)c(Cl)c1)S(=O)(=O)c1ccc(Br)cc1)NCc1ccc(S(=O)(=O)N2CCOCC2)cc1. The third kappa shape index (κ3) is 7.62. The molecular formula is C26H26BrCl2N3O6S2. The molecule has 0 saturated carbocycles. The van der Waals surface area contributed by atoms with Crippen molar-refractivity contribution < 1.29 is 26.4 Å². The molecule has 1 heterocycles. The standard InChI is InChI=1S/C26H26BrCl2N3O6S2/c27-21-4-8-23(9-5-21)40(36,37)32(17-20-3-10-24(28)25(29)15-20)18-26(33)30-16-19-1-6-22(7-2-19)39(34,35)31-11-13-38-14-12-31/h1-10,15H,11-14,16-18H2,(H,30,33). The van der Waals surface area contributed by atoms with E-state index in [9.17, 15) is 21.6 Å². The van der Waals surface area contributed by atoms with E-state index < -0.39 is 32.5 Å². The summed E-state index contributed by atoms with van der Waals surface area (Å²) in [5.41, 5.74) is 1.21. The molecule has 1 fully saturated rings. The molecule has 1 amide bonds. The minimum Gasteiger partial charge on any atom is -0.379 e. The summed E-state index contributed by atoms with van der Waals surface area (Å²) in [5.74, 6) is -0.536. The number of nitrogens with zero attached hydrogens (tertiary/aromatic N) is 2. The summed E-state index contributed by atoms with van der Waals surface area (Å²) in [6.45, 7) is 0.796. The van der Waals surface area contributed by atoms with E-state index in [0.717, 1.165) is 4.31 Å². The third-order valence-corrected chi connectivity index (χ3v) is 11.1. The van der Waals surface area contributed by atoms with E-state index in [-0.39, 0.29) is 27.9 Å². The van der Waals surface area contributed by atoms with Crippen molar-refractivity contribution in [3.8, 4) is 0 Å². The fraction of sp³-hybridized carbons (Fsp3) is 0.269. The van der Waals surface area contributed by atoms with Crippen LogP contribution >= 0.6 is 39.1 Å². The normalized spacial score (nSPS) is 14.8. The van der Waals surface area contributed by atoms with E-state index in [1.165, 1.54) is 28.6 Å². The first-order chi connectivity index (χ1) is 19.0. The molecule has 3 aromatic rings. The minimum atomic E-state index is -4.05. The van der Waals surface area contributed by atoms with Gasteiger partial charge in [0.25, 0.3) is 0 Å². The molecule has 0 radical (unpaired) electrons. The van der Waals surface area contributed by atoms with Gasteiger partial charge in [-0.15, -0.1) is 0 Å². The van der Waals surface area contributed by atoms with Crippen LogP contribution in [-0.2, 0) is 42.7 Å². The van der Waals surface area contributed by atoms with Crippen LogP contribution < -0.4 is 5.32 Å². The Morgan fingerprint density at radius 1 is 0.875 bits per heavy atom. The minimum absolute atomic E-state index is 0.0284. The van der Waals surface area contributed by atoms with Crippen LogP contribution in [0, 0.1) is 0 Å². The number of hydrogen-bond donors (Lipinski definition) is 1. The molecule has 1 N–H and O–H groups in total. The first-order valence-electron chi connectivity index (χ1n) is 12.1. The fourth-order valence-electron chi connectivity index (χ4n) is 3.96. The van der Waals surface area contributed by atoms with Gasteiger partial charge in [0.05, 0.1) is 39.6 Å². The summed E-state index contributed by atoms with van der Waals surface area (Å²) in [7, 11) is -7.69. The van der Waals surface area contributed by atoms with Crippen molar-refractivity contribution in [2.45, 2.75) is 22.9 Å². The van der Waals surface area contributed by atoms with Crippen LogP contribution in [0.4, 0.5) is 0 Å². The van der Waals surface area contributed by atoms with Gasteiger partial charge in [-0.05, 0) is 59.7 Å². The smallest absolute Gasteiger partial charge is 0.243 e. The second kappa shape index (κ2) is 13.3. The zero-order chi connectivity index (χ0) is 28.9. The number of carbonyl (C=O) groups excluding carboxylic acids is 1. The Morgan fingerprint density at radius 3 is 2.10 bits per heavy atom. The summed E-state index contributed by atoms with van der Waals surface area (Å²) >= 11 is 15.4. The summed E-state index contributed by atoms with van der Waals surface area (Å²) < 4.78 is 61.0. The highest BCUT2D eigenvalue weighted by Crippen LogP contribution is 2.26. The Balaban J connectivity index is 1.46. The molecule has 3 aromatic carbocycles. The van der Waals surface area contributed by atoms with E-state index in [0.29, 0.717) is 46.9 Å². The lowest BCUT2D eigenvalue weighted by Gasteiger charge is -2.26. The molecule has 14 heteroatoms. The predicted octanol–water partition coefficient (Wildman–Crippen LogP) is 4.28. The van der Waals surface area contributed by atoms with Gasteiger partial charge in [-0.1, -0.05) is 57.3 Å². The van der Waals surface area contributed by atoms with E-state index >= 15 is 0 Å². The van der Waals surface area contributed by atoms with Crippen molar-refractivity contribution in [2.75, 3.05) is 32.8 Å². The molecule has 1 aliphatic heterocycles. The fourth-order valence-corrected chi connectivity index (χ4v) is 7.33. The molecule has 1 aliphatic rings. The van der Waals surface area contributed by atoms with Gasteiger partial charge in [0.15, 0.2) is 0 Å². The lowest BCUT2D eigenvalue weighted by atomic mass is 10.2. The van der Waals surface area contributed by atoms with Crippen LogP contribution in [0.2, 0.25) is 10.0 Å². The summed E-state index contributed by atoms with van der Waals surface area (Å²) in [6, 6.07) is 17.1. The van der Waals surface area contributed by atoms with Crippen LogP contribution in [0.25, 0.3) is 0 Å². The number of rotatable bonds is 10. The lowest BCUT2D eigenvalue weighted by Crippen LogP contribution is -2.40. The van der Waals surface area contributed by atoms with Gasteiger partial charge in [0.1, 0.15) is 0 Å². The van der Waals surface area contributed by atoms with E-state index in [2.05, 4.69) is 21.2 Å². The molecule has 0 unspecified atom stereocenters. The van der Waals surface area contributed by atoms with Crippen molar-refractivity contribution in [2.24, 2.45) is 0 Å². The van der Waals surface area contributed by atoms with Crippen molar-refractivity contribution in [3.63, 3.8) is 0 Å². The number of amides is 1. The van der Waals surface area contributed by atoms with Gasteiger partial charge in [-0.3, -0.25) is 4.79 Å². The molecule has 40 heavy (non-hydrogen) atoms. The molecule has 1 saturated heterocycles. The Bertz CT molecular complexity index is 1560. The molecule has 0 aromatic heterocycles. The van der Waals surface area contributed by atoms with Crippen molar-refractivity contribution in [1.29, 1.82) is 0 Å². The Morgan fingerprint density at radius 2 is 1.48 bits per heavy atom. The molecule has 4 rings (SSSR count). The average molecular weight is 691 g/mol. The van der Waals surface area contributed by atoms with Crippen LogP contribution in [0.15, 0.2) is 81.0 Å². The molecule has 0 atom stereocenters. The van der Waals surface area contributed by atoms with E-state index in [1.54, 1.807) is 42.5 Å². The summed E-state index contributed by atoms with van der Waals surface area (Å²) in [4.78, 5) is 13.1. The second-order valence-corrected chi connectivity index (χ2v) is 14.5. The number of morpholine rings is 1. The number of benzene rings is 3. The highest BCUT2D eigenvalue weighted by atomic mass is 79.9. The number of carbonyl (C=O) groups is 1. The van der Waals surface area contributed by atoms with Gasteiger partial charge in [0, 0.05) is 30.7 Å². The van der Waals surface area contributed by atoms with Crippen LogP contribution in [0.1, 0.15) is 11.1 Å². The average Bonchev–Trinajstić information content (AvgIpc) is 2.94. The van der Waals surface area contributed by atoms with Crippen LogP contribution in [0.5, 0.6) is 0 Å². The monoisotopic (exact) mass is 689 g/mol. The van der Waals surface area contributed by atoms with E-state index in [1.807, 2.05) is 0 Å². The highest BCUT2D eigenvalue weighted by Gasteiger charge is 2.28. The first-order valence-corrected chi connectivity index (χ1v) is 16.5. The van der Waals surface area contributed by atoms with Crippen molar-refractivity contribution in [1.82, 2.24) is 13.9 Å². The maximum atomic E-state index is 13.5. The highest BCUT2D eigenvalue weighted by molar-refractivity contribution is 9.10. The quantitative estimate of drug-likeness (QED) is 0.340. The first kappa shape index (κ1) is 30.9. The summed E-state index contributed by atoms with van der Waals surface area (Å²) in [5, 5.41) is 3.31. The molecule has 0 spiro atoms. The van der Waals surface area contributed by atoms with Crippen molar-refractivity contribution in [3.05, 3.63) is 92.4 Å². The summed E-state index contributed by atoms with van der Waals surface area (Å²) in [6.07, 6.45) is 0. The number of ether oxygens (including phenoxy) is 1. The van der Waals surface area contributed by atoms with E-state index in [4.69, 9.17) is 27.9 Å². The van der Waals surface area contributed by atoms with Crippen LogP contribution in [0.3, 0.4) is 0 Å². The molecule has 214 valence electrons. The zero-order valence-corrected chi connectivity index (χ0v) is 25.8. The van der Waals surface area contributed by atoms with Gasteiger partial charge in [-0.2, -0.15) is 8.61 Å². The topological polar surface area (TPSA) is 113 Å². The Hall–Kier alpha value is -2.03. The van der Waals surface area contributed by atoms with Gasteiger partial charge in [0.2, 0.25) is 26.0 Å². The molecule has 0 aliphatic carbocycles. The largest absolute Gasteiger partial charge is 0.379 e. The number of nitrogens with one attached hydrogen (secondary N) is 1. The van der Waals surface area contributed by atoms with Crippen LogP contribution in [-0.4, -0.2) is 64.2 Å². The van der Waals surface area contributed by atoms with Gasteiger partial charge in [-0.25, -0.2) is 16.8 Å². The number of halogens is 3. The van der Waals surface area contributed by atoms with Gasteiger partial charge >= 0.3 is 0 Å². The maximum absolute atomic E-state index is 13.5. The maximum Gasteiger partial charge on any atom is 0.243 e. The van der Waals surface area contributed by atoms with Crippen molar-refractivity contribution >= 4 is 65.1 Å². The lowest BCUT2D eigenvalue weighted by molar-refractivity contribution is -0.121.